The maximum atomic E-state index is 11.7. The van der Waals surface area contributed by atoms with Crippen LogP contribution in [0, 0.1) is 0 Å². The smallest absolute Gasteiger partial charge is 0.281 e. The summed E-state index contributed by atoms with van der Waals surface area (Å²) in [6.45, 7) is -0.490. The Labute approximate surface area is 123 Å². The second-order valence-electron chi connectivity index (χ2n) is 4.68. The number of carbonyl (C=O) groups excluding carboxylic acids is 1. The molecule has 0 aromatic heterocycles. The van der Waals surface area contributed by atoms with Crippen molar-refractivity contribution in [1.82, 2.24) is 4.90 Å². The van der Waals surface area contributed by atoms with Gasteiger partial charge in [0.2, 0.25) is 11.3 Å². The summed E-state index contributed by atoms with van der Waals surface area (Å²) < 4.78 is 5.35. The summed E-state index contributed by atoms with van der Waals surface area (Å²) in [5, 5.41) is 28.7. The summed E-state index contributed by atoms with van der Waals surface area (Å²) in [5.41, 5.74) is 5.43. The molecule has 1 fully saturated rings. The molecular formula is C10H12ClN5O5. The summed E-state index contributed by atoms with van der Waals surface area (Å²) in [4.78, 5) is 24.1. The summed E-state index contributed by atoms with van der Waals surface area (Å²) in [7, 11) is 0. The number of ether oxygens (including phenoxy) is 1. The monoisotopic (exact) mass is 317 g/mol. The molecule has 0 spiro atoms. The highest BCUT2D eigenvalue weighted by molar-refractivity contribution is 6.67. The van der Waals surface area contributed by atoms with Gasteiger partial charge in [-0.1, -0.05) is 0 Å². The van der Waals surface area contributed by atoms with Gasteiger partial charge in [0, 0.05) is 0 Å². The van der Waals surface area contributed by atoms with Crippen molar-refractivity contribution in [2.45, 2.75) is 30.6 Å². The van der Waals surface area contributed by atoms with Gasteiger partial charge >= 0.3 is 0 Å². The van der Waals surface area contributed by atoms with Gasteiger partial charge in [-0.25, -0.2) is 4.99 Å². The minimum atomic E-state index is -1.37. The van der Waals surface area contributed by atoms with E-state index in [9.17, 15) is 15.0 Å². The molecule has 0 radical (unpaired) electrons. The van der Waals surface area contributed by atoms with Crippen LogP contribution in [-0.2, 0) is 9.53 Å². The average molecular weight is 318 g/mol. The normalized spacial score (nSPS) is 39.0. The third-order valence-electron chi connectivity index (χ3n) is 3.39. The number of amidine groups is 2. The molecule has 1 amide bonds. The van der Waals surface area contributed by atoms with Gasteiger partial charge < -0.3 is 25.8 Å². The van der Waals surface area contributed by atoms with Crippen LogP contribution in [0.5, 0.6) is 0 Å². The zero-order valence-electron chi connectivity index (χ0n) is 10.5. The lowest BCUT2D eigenvalue weighted by atomic mass is 10.1. The van der Waals surface area contributed by atoms with Crippen molar-refractivity contribution in [3.05, 3.63) is 0 Å². The van der Waals surface area contributed by atoms with Crippen molar-refractivity contribution in [3.63, 3.8) is 0 Å². The molecule has 0 saturated carbocycles. The highest BCUT2D eigenvalue weighted by atomic mass is 35.5. The fourth-order valence-electron chi connectivity index (χ4n) is 2.38. The van der Waals surface area contributed by atoms with Gasteiger partial charge in [-0.2, -0.15) is 9.98 Å². The third-order valence-corrected chi connectivity index (χ3v) is 3.66. The zero-order chi connectivity index (χ0) is 15.3. The molecule has 3 rings (SSSR count). The Balaban J connectivity index is 1.94. The molecule has 0 bridgehead atoms. The molecule has 3 heterocycles. The van der Waals surface area contributed by atoms with Crippen LogP contribution in [0.4, 0.5) is 0 Å². The maximum Gasteiger partial charge on any atom is 0.281 e. The number of amides is 1. The van der Waals surface area contributed by atoms with Gasteiger partial charge in [0.05, 0.1) is 6.61 Å². The minimum absolute atomic E-state index is 0.0624. The number of guanidine groups is 1. The molecule has 11 heteroatoms. The maximum absolute atomic E-state index is 11.7. The fraction of sp³-hybridized carbons (Fsp3) is 0.600. The van der Waals surface area contributed by atoms with Gasteiger partial charge in [0.15, 0.2) is 18.1 Å². The molecule has 0 aromatic rings. The molecule has 114 valence electrons. The van der Waals surface area contributed by atoms with E-state index in [1.165, 1.54) is 0 Å². The summed E-state index contributed by atoms with van der Waals surface area (Å²) in [6.07, 6.45) is -4.81. The van der Waals surface area contributed by atoms with Crippen LogP contribution >= 0.6 is 11.6 Å². The van der Waals surface area contributed by atoms with E-state index in [4.69, 9.17) is 27.2 Å². The highest BCUT2D eigenvalue weighted by Crippen LogP contribution is 2.30. The molecule has 0 aliphatic carbocycles. The van der Waals surface area contributed by atoms with Crippen molar-refractivity contribution < 1.29 is 24.9 Å². The Morgan fingerprint density at radius 3 is 2.67 bits per heavy atom. The number of aliphatic imine (C=N–C) groups is 3. The molecule has 1 saturated heterocycles. The molecule has 1 unspecified atom stereocenters. The van der Waals surface area contributed by atoms with Crippen LogP contribution in [0.3, 0.4) is 0 Å². The number of nitrogens with zero attached hydrogens (tertiary/aromatic N) is 4. The SMILES string of the molecule is NC1=NC(=O)C2N=C(Cl)N([C@@H]3O[C@H](CO)[C@@H](O)[C@H]3O)C2=N1. The Bertz CT molecular complexity index is 578. The predicted molar refractivity (Wildman–Crippen MR) is 70.7 cm³/mol. The standard InChI is InChI=1S/C10H12ClN5O5/c11-9-13-3-6(14-10(12)15-7(3)20)16(9)8-5(19)4(18)2(1-17)21-8/h2-5,8,17-19H,1H2,(H2,12,15,20)/t2-,3?,4-,5-,8-/m1/s1. The first-order chi connectivity index (χ1) is 9.93. The molecule has 5 N–H and O–H groups in total. The number of halogens is 1. The number of nitrogens with two attached hydrogens (primary N) is 1. The number of carbonyl (C=O) groups is 1. The van der Waals surface area contributed by atoms with E-state index in [2.05, 4.69) is 15.0 Å². The number of hydrogen-bond donors (Lipinski definition) is 4. The number of rotatable bonds is 2. The number of aliphatic hydroxyl groups excluding tert-OH is 3. The zero-order valence-corrected chi connectivity index (χ0v) is 11.3. The van der Waals surface area contributed by atoms with E-state index in [0.29, 0.717) is 0 Å². The molecular weight excluding hydrogens is 306 g/mol. The Hall–Kier alpha value is -1.59. The lowest BCUT2D eigenvalue weighted by Gasteiger charge is -2.28. The largest absolute Gasteiger partial charge is 0.394 e. The van der Waals surface area contributed by atoms with Crippen LogP contribution in [-0.4, -0.2) is 80.4 Å². The van der Waals surface area contributed by atoms with Gasteiger partial charge in [-0.15, -0.1) is 0 Å². The van der Waals surface area contributed by atoms with Crippen LogP contribution in [0.2, 0.25) is 0 Å². The summed E-state index contributed by atoms with van der Waals surface area (Å²) in [6, 6.07) is -1.05. The second kappa shape index (κ2) is 5.00. The van der Waals surface area contributed by atoms with Crippen molar-refractivity contribution in [3.8, 4) is 0 Å². The number of fused-ring (bicyclic) bond motifs is 1. The van der Waals surface area contributed by atoms with E-state index in [1.807, 2.05) is 0 Å². The fourth-order valence-corrected chi connectivity index (χ4v) is 2.66. The van der Waals surface area contributed by atoms with Crippen LogP contribution in [0.1, 0.15) is 0 Å². The van der Waals surface area contributed by atoms with Gasteiger partial charge in [-0.05, 0) is 11.6 Å². The molecule has 5 atom stereocenters. The van der Waals surface area contributed by atoms with E-state index in [1.54, 1.807) is 0 Å². The summed E-state index contributed by atoms with van der Waals surface area (Å²) >= 11 is 5.97. The van der Waals surface area contributed by atoms with Crippen LogP contribution < -0.4 is 5.73 Å². The van der Waals surface area contributed by atoms with Gasteiger partial charge in [0.25, 0.3) is 5.91 Å². The first-order valence-electron chi connectivity index (χ1n) is 6.05. The first kappa shape index (κ1) is 14.4. The quantitative estimate of drug-likeness (QED) is 0.395. The molecule has 3 aliphatic rings. The van der Waals surface area contributed by atoms with E-state index in [0.717, 1.165) is 4.90 Å². The first-order valence-corrected chi connectivity index (χ1v) is 6.43. The molecule has 0 aromatic carbocycles. The summed E-state index contributed by atoms with van der Waals surface area (Å²) in [5.74, 6) is -0.832. The van der Waals surface area contributed by atoms with Gasteiger partial charge in [-0.3, -0.25) is 9.69 Å². The predicted octanol–water partition coefficient (Wildman–Crippen LogP) is -3.04. The van der Waals surface area contributed by atoms with Gasteiger partial charge in [0.1, 0.15) is 18.3 Å². The Morgan fingerprint density at radius 2 is 2.05 bits per heavy atom. The lowest BCUT2D eigenvalue weighted by Crippen LogP contribution is -2.50. The highest BCUT2D eigenvalue weighted by Gasteiger charge is 2.51. The van der Waals surface area contributed by atoms with Crippen molar-refractivity contribution in [2.24, 2.45) is 20.7 Å². The van der Waals surface area contributed by atoms with E-state index in [-0.39, 0.29) is 17.1 Å². The average Bonchev–Trinajstić information content (AvgIpc) is 2.89. The molecule has 10 nitrogen and oxygen atoms in total. The number of hydrogen-bond acceptors (Lipinski definition) is 9. The minimum Gasteiger partial charge on any atom is -0.394 e. The molecule has 21 heavy (non-hydrogen) atoms. The Morgan fingerprint density at radius 1 is 1.33 bits per heavy atom. The van der Waals surface area contributed by atoms with Crippen molar-refractivity contribution in [2.75, 3.05) is 6.61 Å². The van der Waals surface area contributed by atoms with Crippen molar-refractivity contribution >= 4 is 34.6 Å². The number of aliphatic hydroxyl groups is 3. The molecule has 3 aliphatic heterocycles. The van der Waals surface area contributed by atoms with E-state index < -0.39 is 43.1 Å². The van der Waals surface area contributed by atoms with Crippen LogP contribution in [0.15, 0.2) is 15.0 Å². The van der Waals surface area contributed by atoms with E-state index >= 15 is 0 Å². The second-order valence-corrected chi connectivity index (χ2v) is 5.02. The third kappa shape index (κ3) is 2.12. The van der Waals surface area contributed by atoms with Crippen molar-refractivity contribution in [1.29, 1.82) is 0 Å². The Kier molecular flexibility index (Phi) is 3.42. The lowest BCUT2D eigenvalue weighted by molar-refractivity contribution is -0.117. The van der Waals surface area contributed by atoms with Crippen LogP contribution in [0.25, 0.3) is 0 Å². The topological polar surface area (TPSA) is 153 Å².